The van der Waals surface area contributed by atoms with Crippen molar-refractivity contribution in [2.24, 2.45) is 10.6 Å². The first kappa shape index (κ1) is 24.1. The van der Waals surface area contributed by atoms with E-state index in [1.165, 1.54) is 51.4 Å². The molecular weight excluding hydrogens is 312 g/mol. The summed E-state index contributed by atoms with van der Waals surface area (Å²) in [5.74, 6) is 0.138. The Labute approximate surface area is 155 Å². The molecule has 0 saturated carbocycles. The summed E-state index contributed by atoms with van der Waals surface area (Å²) < 4.78 is 0. The Balaban J connectivity index is 4.24. The first-order chi connectivity index (χ1) is 12.2. The van der Waals surface area contributed by atoms with E-state index in [-0.39, 0.29) is 17.9 Å². The van der Waals surface area contributed by atoms with Gasteiger partial charge in [-0.1, -0.05) is 96.6 Å². The first-order valence-corrected chi connectivity index (χ1v) is 10.7. The monoisotopic (exact) mass is 354 g/mol. The molecule has 148 valence electrons. The molecule has 1 N–H and O–H groups in total. The molecule has 4 heteroatoms. The molecule has 0 aliphatic carbocycles. The van der Waals surface area contributed by atoms with Gasteiger partial charge in [0.15, 0.2) is 0 Å². The fraction of sp³-hybridized carbons (Fsp3) is 0.952. The molecule has 0 atom stereocenters. The second-order valence-electron chi connectivity index (χ2n) is 7.47. The molecule has 0 aromatic carbocycles. The molecule has 0 aromatic rings. The predicted octanol–water partition coefficient (Wildman–Crippen LogP) is 6.38. The number of nitrogens with zero attached hydrogens (tertiary/aromatic N) is 1. The molecule has 0 aromatic heterocycles. The van der Waals surface area contributed by atoms with Gasteiger partial charge < -0.3 is 5.32 Å². The van der Waals surface area contributed by atoms with E-state index in [0.29, 0.717) is 6.54 Å². The Hall–Kier alpha value is -0.930. The Bertz CT molecular complexity index is 326. The minimum absolute atomic E-state index is 0.138. The van der Waals surface area contributed by atoms with Crippen molar-refractivity contribution in [1.29, 1.82) is 0 Å². The topological polar surface area (TPSA) is 58.5 Å². The third kappa shape index (κ3) is 11.3. The summed E-state index contributed by atoms with van der Waals surface area (Å²) in [6.07, 6.45) is 16.7. The predicted molar refractivity (Wildman–Crippen MR) is 108 cm³/mol. The highest BCUT2D eigenvalue weighted by Crippen LogP contribution is 2.36. The van der Waals surface area contributed by atoms with E-state index in [4.69, 9.17) is 0 Å². The van der Waals surface area contributed by atoms with Crippen LogP contribution in [0, 0.1) is 10.3 Å². The maximum Gasteiger partial charge on any atom is 0.226 e. The lowest BCUT2D eigenvalue weighted by Crippen LogP contribution is -2.42. The van der Waals surface area contributed by atoms with Crippen LogP contribution >= 0.6 is 0 Å². The van der Waals surface area contributed by atoms with Crippen molar-refractivity contribution in [3.05, 3.63) is 4.91 Å². The van der Waals surface area contributed by atoms with Crippen LogP contribution in [-0.2, 0) is 4.79 Å². The number of rotatable bonds is 18. The summed E-state index contributed by atoms with van der Waals surface area (Å²) in [5.41, 5.74) is -0.243. The lowest BCUT2D eigenvalue weighted by atomic mass is 9.74. The van der Waals surface area contributed by atoms with Crippen molar-refractivity contribution in [3.8, 4) is 0 Å². The van der Waals surface area contributed by atoms with E-state index in [1.807, 2.05) is 0 Å². The Morgan fingerprint density at radius 1 is 0.760 bits per heavy atom. The molecule has 0 saturated heterocycles. The molecule has 0 spiro atoms. The van der Waals surface area contributed by atoms with Gasteiger partial charge in [0.2, 0.25) is 5.91 Å². The summed E-state index contributed by atoms with van der Waals surface area (Å²) in [5, 5.41) is 5.78. The van der Waals surface area contributed by atoms with E-state index in [1.54, 1.807) is 0 Å². The number of unbranched alkanes of at least 4 members (excludes halogenated alkanes) is 8. The van der Waals surface area contributed by atoms with Crippen molar-refractivity contribution in [2.75, 3.05) is 13.1 Å². The average Bonchev–Trinajstić information content (AvgIpc) is 2.60. The molecule has 0 unspecified atom stereocenters. The highest BCUT2D eigenvalue weighted by molar-refractivity contribution is 5.82. The zero-order valence-corrected chi connectivity index (χ0v) is 17.1. The fourth-order valence-corrected chi connectivity index (χ4v) is 3.85. The van der Waals surface area contributed by atoms with Crippen LogP contribution < -0.4 is 5.32 Å². The second kappa shape index (κ2) is 16.5. The van der Waals surface area contributed by atoms with E-state index >= 15 is 0 Å². The summed E-state index contributed by atoms with van der Waals surface area (Å²) in [4.78, 5) is 23.0. The Morgan fingerprint density at radius 3 is 1.76 bits per heavy atom. The summed E-state index contributed by atoms with van der Waals surface area (Å²) >= 11 is 0. The van der Waals surface area contributed by atoms with Gasteiger partial charge in [0.05, 0.1) is 6.54 Å². The van der Waals surface area contributed by atoms with Crippen LogP contribution in [-0.4, -0.2) is 19.0 Å². The van der Waals surface area contributed by atoms with Crippen molar-refractivity contribution in [1.82, 2.24) is 5.32 Å². The minimum Gasteiger partial charge on any atom is -0.354 e. The number of hydrogen-bond acceptors (Lipinski definition) is 3. The van der Waals surface area contributed by atoms with Gasteiger partial charge in [-0.15, -0.1) is 0 Å². The van der Waals surface area contributed by atoms with E-state index < -0.39 is 0 Å². The van der Waals surface area contributed by atoms with Crippen molar-refractivity contribution in [3.63, 3.8) is 0 Å². The zero-order valence-electron chi connectivity index (χ0n) is 17.1. The summed E-state index contributed by atoms with van der Waals surface area (Å²) in [6.45, 7) is 7.10. The SMILES string of the molecule is CCCCCCCCCCCC(CCC)(CCC)C(=O)NCCN=O. The average molecular weight is 355 g/mol. The van der Waals surface area contributed by atoms with Gasteiger partial charge in [-0.25, -0.2) is 0 Å². The highest BCUT2D eigenvalue weighted by Gasteiger charge is 2.35. The standard InChI is InChI=1S/C21H42N2O2/c1-4-7-8-9-10-11-12-13-14-17-21(15-5-2,16-6-3)20(24)22-18-19-23-25/h4-19H2,1-3H3,(H,22,24). The Kier molecular flexibility index (Phi) is 15.9. The molecule has 1 amide bonds. The van der Waals surface area contributed by atoms with Gasteiger partial charge in [-0.3, -0.25) is 4.79 Å². The summed E-state index contributed by atoms with van der Waals surface area (Å²) in [7, 11) is 0. The molecule has 4 nitrogen and oxygen atoms in total. The fourth-order valence-electron chi connectivity index (χ4n) is 3.85. The van der Waals surface area contributed by atoms with Crippen molar-refractivity contribution in [2.45, 2.75) is 111 Å². The molecule has 0 aliphatic rings. The largest absolute Gasteiger partial charge is 0.354 e. The highest BCUT2D eigenvalue weighted by atomic mass is 16.3. The number of carbonyl (C=O) groups is 1. The number of nitrogens with one attached hydrogen (secondary N) is 1. The normalized spacial score (nSPS) is 11.5. The van der Waals surface area contributed by atoms with Crippen LogP contribution in [0.25, 0.3) is 0 Å². The van der Waals surface area contributed by atoms with Crippen LogP contribution in [0.2, 0.25) is 0 Å². The number of hydrogen-bond donors (Lipinski definition) is 1. The lowest BCUT2D eigenvalue weighted by Gasteiger charge is -2.32. The molecule has 0 heterocycles. The molecule has 25 heavy (non-hydrogen) atoms. The van der Waals surface area contributed by atoms with Crippen molar-refractivity contribution >= 4 is 5.91 Å². The van der Waals surface area contributed by atoms with E-state index in [9.17, 15) is 9.70 Å². The number of nitroso groups, excluding NO2 is 1. The molecule has 0 fully saturated rings. The van der Waals surface area contributed by atoms with Crippen molar-refractivity contribution < 1.29 is 4.79 Å². The Morgan fingerprint density at radius 2 is 1.28 bits per heavy atom. The third-order valence-electron chi connectivity index (χ3n) is 5.19. The minimum atomic E-state index is -0.243. The first-order valence-electron chi connectivity index (χ1n) is 10.7. The second-order valence-corrected chi connectivity index (χ2v) is 7.47. The van der Waals surface area contributed by atoms with E-state index in [2.05, 4.69) is 31.3 Å². The van der Waals surface area contributed by atoms with Crippen LogP contribution in [0.4, 0.5) is 0 Å². The van der Waals surface area contributed by atoms with Crippen LogP contribution in [0.3, 0.4) is 0 Å². The maximum atomic E-state index is 12.7. The molecule has 0 radical (unpaired) electrons. The van der Waals surface area contributed by atoms with Gasteiger partial charge in [0.25, 0.3) is 0 Å². The smallest absolute Gasteiger partial charge is 0.226 e. The number of amides is 1. The van der Waals surface area contributed by atoms with Gasteiger partial charge in [0, 0.05) is 12.0 Å². The van der Waals surface area contributed by atoms with Gasteiger partial charge in [0.1, 0.15) is 0 Å². The third-order valence-corrected chi connectivity index (χ3v) is 5.19. The molecule has 0 aliphatic heterocycles. The van der Waals surface area contributed by atoms with Gasteiger partial charge in [-0.05, 0) is 19.3 Å². The maximum absolute atomic E-state index is 12.7. The zero-order chi connectivity index (χ0) is 18.8. The van der Waals surface area contributed by atoms with Crippen LogP contribution in [0.1, 0.15) is 111 Å². The summed E-state index contributed by atoms with van der Waals surface area (Å²) in [6, 6.07) is 0. The van der Waals surface area contributed by atoms with E-state index in [0.717, 1.165) is 38.5 Å². The van der Waals surface area contributed by atoms with Gasteiger partial charge in [-0.2, -0.15) is 4.91 Å². The van der Waals surface area contributed by atoms with Gasteiger partial charge >= 0.3 is 0 Å². The number of carbonyl (C=O) groups excluding carboxylic acids is 1. The lowest BCUT2D eigenvalue weighted by molar-refractivity contribution is -0.132. The molecule has 0 bridgehead atoms. The quantitative estimate of drug-likeness (QED) is 0.229. The van der Waals surface area contributed by atoms with Crippen LogP contribution in [0.15, 0.2) is 5.18 Å². The molecule has 0 rings (SSSR count). The molecular formula is C21H42N2O2. The van der Waals surface area contributed by atoms with Crippen LogP contribution in [0.5, 0.6) is 0 Å².